The molecule has 0 radical (unpaired) electrons. The van der Waals surface area contributed by atoms with Gasteiger partial charge >= 0.3 is 5.97 Å². The molecule has 146 valence electrons. The van der Waals surface area contributed by atoms with Crippen LogP contribution in [0.2, 0.25) is 5.02 Å². The van der Waals surface area contributed by atoms with Crippen molar-refractivity contribution in [3.8, 4) is 0 Å². The Morgan fingerprint density at radius 3 is 2.68 bits per heavy atom. The van der Waals surface area contributed by atoms with Crippen LogP contribution in [0.1, 0.15) is 13.3 Å². The Morgan fingerprint density at radius 2 is 1.93 bits per heavy atom. The Labute approximate surface area is 172 Å². The molecule has 1 atom stereocenters. The van der Waals surface area contributed by atoms with Crippen molar-refractivity contribution >= 4 is 52.5 Å². The van der Waals surface area contributed by atoms with Gasteiger partial charge in [-0.2, -0.15) is 0 Å². The number of rotatable bonds is 6. The van der Waals surface area contributed by atoms with Crippen molar-refractivity contribution in [2.45, 2.75) is 24.3 Å². The van der Waals surface area contributed by atoms with Crippen LogP contribution in [0, 0.1) is 0 Å². The summed E-state index contributed by atoms with van der Waals surface area (Å²) in [5.74, 6) is -0.654. The zero-order valence-electron chi connectivity index (χ0n) is 15.2. The molecule has 2 amide bonds. The second kappa shape index (κ2) is 9.12. The van der Waals surface area contributed by atoms with Crippen molar-refractivity contribution in [3.05, 3.63) is 53.6 Å². The monoisotopic (exact) mass is 418 g/mol. The fraction of sp³-hybridized carbons (Fsp3) is 0.250. The summed E-state index contributed by atoms with van der Waals surface area (Å²) < 4.78 is 5.28. The van der Waals surface area contributed by atoms with E-state index in [1.807, 2.05) is 12.1 Å². The van der Waals surface area contributed by atoms with E-state index in [1.165, 1.54) is 23.6 Å². The molecule has 3 rings (SSSR count). The van der Waals surface area contributed by atoms with Crippen molar-refractivity contribution in [2.24, 2.45) is 0 Å². The molecule has 0 unspecified atom stereocenters. The molecule has 0 saturated carbocycles. The lowest BCUT2D eigenvalue weighted by molar-refractivity contribution is -0.153. The van der Waals surface area contributed by atoms with E-state index in [4.69, 9.17) is 16.3 Å². The Kier molecular flexibility index (Phi) is 6.59. The zero-order chi connectivity index (χ0) is 20.1. The number of benzene rings is 2. The lowest BCUT2D eigenvalue weighted by Gasteiger charge is -2.30. The van der Waals surface area contributed by atoms with E-state index in [0.717, 1.165) is 4.90 Å². The first kappa shape index (κ1) is 20.2. The minimum atomic E-state index is -0.980. The average molecular weight is 419 g/mol. The number of amides is 2. The summed E-state index contributed by atoms with van der Waals surface area (Å²) in [6.45, 7) is 1.41. The van der Waals surface area contributed by atoms with Crippen LogP contribution in [0.5, 0.6) is 0 Å². The van der Waals surface area contributed by atoms with Gasteiger partial charge in [-0.15, -0.1) is 11.8 Å². The summed E-state index contributed by atoms with van der Waals surface area (Å²) >= 11 is 7.35. The molecule has 8 heteroatoms. The molecule has 0 aromatic heterocycles. The Hall–Kier alpha value is -2.51. The van der Waals surface area contributed by atoms with Gasteiger partial charge in [0.25, 0.3) is 5.91 Å². The SMILES string of the molecule is C[C@H](OC(=O)CCSc1ccc(Cl)cc1)C(=O)N1CC(=O)Nc2ccccc21. The number of fused-ring (bicyclic) bond motifs is 1. The quantitative estimate of drug-likeness (QED) is 0.571. The fourth-order valence-corrected chi connectivity index (χ4v) is 3.70. The normalized spacial score (nSPS) is 14.1. The van der Waals surface area contributed by atoms with Crippen molar-refractivity contribution in [1.82, 2.24) is 0 Å². The van der Waals surface area contributed by atoms with E-state index < -0.39 is 18.0 Å². The highest BCUT2D eigenvalue weighted by Gasteiger charge is 2.31. The minimum Gasteiger partial charge on any atom is -0.452 e. The van der Waals surface area contributed by atoms with E-state index in [2.05, 4.69) is 5.32 Å². The third-order valence-corrected chi connectivity index (χ3v) is 5.35. The summed E-state index contributed by atoms with van der Waals surface area (Å²) in [4.78, 5) is 39.0. The molecule has 0 aliphatic carbocycles. The zero-order valence-corrected chi connectivity index (χ0v) is 16.8. The number of ether oxygens (including phenoxy) is 1. The number of nitrogens with one attached hydrogen (secondary N) is 1. The first-order valence-corrected chi connectivity index (χ1v) is 10.1. The first-order valence-electron chi connectivity index (χ1n) is 8.72. The molecule has 0 bridgehead atoms. The molecule has 0 fully saturated rings. The maximum atomic E-state index is 12.7. The van der Waals surface area contributed by atoms with Crippen LogP contribution in [0.15, 0.2) is 53.4 Å². The maximum absolute atomic E-state index is 12.7. The van der Waals surface area contributed by atoms with Gasteiger partial charge in [-0.05, 0) is 43.3 Å². The number of carbonyl (C=O) groups is 3. The molecular weight excluding hydrogens is 400 g/mol. The second-order valence-corrected chi connectivity index (χ2v) is 7.78. The molecule has 6 nitrogen and oxygen atoms in total. The van der Waals surface area contributed by atoms with Gasteiger partial charge in [-0.3, -0.25) is 19.3 Å². The summed E-state index contributed by atoms with van der Waals surface area (Å²) in [5.41, 5.74) is 1.15. The van der Waals surface area contributed by atoms with E-state index in [-0.39, 0.29) is 18.9 Å². The second-order valence-electron chi connectivity index (χ2n) is 6.17. The van der Waals surface area contributed by atoms with Gasteiger partial charge < -0.3 is 10.1 Å². The van der Waals surface area contributed by atoms with Crippen molar-refractivity contribution in [3.63, 3.8) is 0 Å². The number of para-hydroxylation sites is 2. The Morgan fingerprint density at radius 1 is 1.21 bits per heavy atom. The van der Waals surface area contributed by atoms with E-state index >= 15 is 0 Å². The fourth-order valence-electron chi connectivity index (χ4n) is 2.74. The third-order valence-electron chi connectivity index (χ3n) is 4.08. The van der Waals surface area contributed by atoms with Crippen molar-refractivity contribution < 1.29 is 19.1 Å². The molecule has 1 aliphatic rings. The van der Waals surface area contributed by atoms with Crippen molar-refractivity contribution in [2.75, 3.05) is 22.5 Å². The van der Waals surface area contributed by atoms with E-state index in [1.54, 1.807) is 36.4 Å². The number of thioether (sulfide) groups is 1. The van der Waals surface area contributed by atoms with E-state index in [0.29, 0.717) is 22.2 Å². The summed E-state index contributed by atoms with van der Waals surface area (Å²) in [5, 5.41) is 3.38. The number of carbonyl (C=O) groups excluding carboxylic acids is 3. The minimum absolute atomic E-state index is 0.107. The van der Waals surface area contributed by atoms with Crippen LogP contribution < -0.4 is 10.2 Å². The summed E-state index contributed by atoms with van der Waals surface area (Å²) in [7, 11) is 0. The Bertz CT molecular complexity index is 888. The number of hydrogen-bond donors (Lipinski definition) is 1. The highest BCUT2D eigenvalue weighted by atomic mass is 35.5. The largest absolute Gasteiger partial charge is 0.452 e. The predicted octanol–water partition coefficient (Wildman–Crippen LogP) is 3.74. The number of anilines is 2. The summed E-state index contributed by atoms with van der Waals surface area (Å²) in [6, 6.07) is 14.3. The van der Waals surface area contributed by atoms with Crippen LogP contribution in [0.3, 0.4) is 0 Å². The van der Waals surface area contributed by atoms with Crippen LogP contribution in [0.4, 0.5) is 11.4 Å². The van der Waals surface area contributed by atoms with Crippen molar-refractivity contribution in [1.29, 1.82) is 0 Å². The van der Waals surface area contributed by atoms with Crippen LogP contribution in [-0.4, -0.2) is 36.2 Å². The highest BCUT2D eigenvalue weighted by molar-refractivity contribution is 7.99. The molecule has 2 aromatic rings. The van der Waals surface area contributed by atoms with Gasteiger partial charge in [0, 0.05) is 15.7 Å². The maximum Gasteiger partial charge on any atom is 0.307 e. The van der Waals surface area contributed by atoms with Crippen LogP contribution >= 0.6 is 23.4 Å². The Balaban J connectivity index is 1.53. The standard InChI is InChI=1S/C20H19ClN2O4S/c1-13(27-19(25)10-11-28-15-8-6-14(21)7-9-15)20(26)23-12-18(24)22-16-4-2-3-5-17(16)23/h2-9,13H,10-12H2,1H3,(H,22,24)/t13-/m0/s1. The first-order chi connectivity index (χ1) is 13.4. The third kappa shape index (κ3) is 5.05. The topological polar surface area (TPSA) is 75.7 Å². The number of nitrogens with zero attached hydrogens (tertiary/aromatic N) is 1. The number of halogens is 1. The smallest absolute Gasteiger partial charge is 0.307 e. The lowest BCUT2D eigenvalue weighted by atomic mass is 10.1. The van der Waals surface area contributed by atoms with Gasteiger partial charge in [0.1, 0.15) is 6.54 Å². The predicted molar refractivity (Wildman–Crippen MR) is 110 cm³/mol. The lowest BCUT2D eigenvalue weighted by Crippen LogP contribution is -2.47. The van der Waals surface area contributed by atoms with Crippen LogP contribution in [0.25, 0.3) is 0 Å². The van der Waals surface area contributed by atoms with Gasteiger partial charge in [-0.25, -0.2) is 0 Å². The molecule has 1 aliphatic heterocycles. The molecule has 2 aromatic carbocycles. The molecule has 1 N–H and O–H groups in total. The van der Waals surface area contributed by atoms with Crippen LogP contribution in [-0.2, 0) is 19.1 Å². The van der Waals surface area contributed by atoms with Gasteiger partial charge in [0.15, 0.2) is 6.10 Å². The van der Waals surface area contributed by atoms with Gasteiger partial charge in [-0.1, -0.05) is 23.7 Å². The molecule has 1 heterocycles. The summed E-state index contributed by atoms with van der Waals surface area (Å²) in [6.07, 6.45) is -0.811. The number of esters is 1. The molecule has 0 spiro atoms. The van der Waals surface area contributed by atoms with E-state index in [9.17, 15) is 14.4 Å². The van der Waals surface area contributed by atoms with Gasteiger partial charge in [0.05, 0.1) is 17.8 Å². The number of hydrogen-bond acceptors (Lipinski definition) is 5. The molecular formula is C20H19ClN2O4S. The highest BCUT2D eigenvalue weighted by Crippen LogP contribution is 2.29. The molecule has 0 saturated heterocycles. The van der Waals surface area contributed by atoms with Gasteiger partial charge in [0.2, 0.25) is 5.91 Å². The molecule has 28 heavy (non-hydrogen) atoms. The average Bonchev–Trinajstić information content (AvgIpc) is 2.68.